The van der Waals surface area contributed by atoms with Crippen molar-refractivity contribution in [2.75, 3.05) is 31.9 Å². The Balaban J connectivity index is 1.58. The number of hydrogen-bond acceptors (Lipinski definition) is 5. The van der Waals surface area contributed by atoms with Crippen molar-refractivity contribution < 1.29 is 0 Å². The minimum Gasteiger partial charge on any atom is -0.396 e. The van der Waals surface area contributed by atoms with Crippen LogP contribution in [0.1, 0.15) is 37.3 Å². The second kappa shape index (κ2) is 10.2. The molecule has 2 aromatic carbocycles. The van der Waals surface area contributed by atoms with Gasteiger partial charge in [-0.05, 0) is 36.6 Å². The molecule has 0 bridgehead atoms. The number of pyridine rings is 1. The van der Waals surface area contributed by atoms with Gasteiger partial charge in [-0.15, -0.1) is 0 Å². The molecule has 1 fully saturated rings. The van der Waals surface area contributed by atoms with Crippen LogP contribution in [0.2, 0.25) is 5.02 Å². The molecule has 3 aromatic rings. The number of fused-ring (bicyclic) bond motifs is 1. The van der Waals surface area contributed by atoms with E-state index in [-0.39, 0.29) is 0 Å². The normalized spacial score (nSPS) is 13.7. The number of allylic oxidation sites excluding steroid dienone is 1. The van der Waals surface area contributed by atoms with Crippen LogP contribution in [0.25, 0.3) is 27.9 Å². The van der Waals surface area contributed by atoms with Crippen LogP contribution in [-0.2, 0) is 0 Å². The van der Waals surface area contributed by atoms with E-state index in [1.807, 2.05) is 30.3 Å². The Morgan fingerprint density at radius 3 is 2.56 bits per heavy atom. The fourth-order valence-corrected chi connectivity index (χ4v) is 4.64. The number of hydrogen-bond donors (Lipinski definition) is 1. The number of unbranched alkanes of at least 4 members (excludes halogenated alkanes) is 1. The average Bonchev–Trinajstić information content (AvgIpc) is 2.88. The standard InChI is InChI=1S/C28H30ClN5/c1-4-5-7-19(2)33-12-14-34(15-13-33)20(3)22-10-11-24-25(17-22)32-28(27(31)26(24)29)23-9-6-8-21(16-23)18-30/h6,8-11,16-17H,2-5,7,12-15,31H2,1H3. The lowest BCUT2D eigenvalue weighted by atomic mass is 10.0. The van der Waals surface area contributed by atoms with E-state index in [0.29, 0.717) is 22.0 Å². The van der Waals surface area contributed by atoms with Crippen molar-refractivity contribution in [2.45, 2.75) is 26.2 Å². The zero-order chi connectivity index (χ0) is 24.2. The summed E-state index contributed by atoms with van der Waals surface area (Å²) in [6, 6.07) is 15.4. The lowest BCUT2D eigenvalue weighted by Gasteiger charge is -2.39. The van der Waals surface area contributed by atoms with Gasteiger partial charge in [-0.1, -0.05) is 62.4 Å². The lowest BCUT2D eigenvalue weighted by molar-refractivity contribution is 0.209. The van der Waals surface area contributed by atoms with Crippen LogP contribution in [0.5, 0.6) is 0 Å². The molecule has 0 spiro atoms. The van der Waals surface area contributed by atoms with Gasteiger partial charge < -0.3 is 15.5 Å². The minimum atomic E-state index is 0.412. The number of nitriles is 1. The molecule has 0 aliphatic carbocycles. The van der Waals surface area contributed by atoms with E-state index in [1.165, 1.54) is 18.5 Å². The zero-order valence-electron chi connectivity index (χ0n) is 19.6. The van der Waals surface area contributed by atoms with Gasteiger partial charge in [0.2, 0.25) is 0 Å². The summed E-state index contributed by atoms with van der Waals surface area (Å²) >= 11 is 6.64. The summed E-state index contributed by atoms with van der Waals surface area (Å²) in [4.78, 5) is 9.55. The molecule has 0 amide bonds. The lowest BCUT2D eigenvalue weighted by Crippen LogP contribution is -2.44. The molecule has 34 heavy (non-hydrogen) atoms. The molecule has 0 atom stereocenters. The summed E-state index contributed by atoms with van der Waals surface area (Å²) in [7, 11) is 0. The summed E-state index contributed by atoms with van der Waals surface area (Å²) in [5, 5.41) is 10.5. The predicted molar refractivity (Wildman–Crippen MR) is 142 cm³/mol. The number of benzene rings is 2. The second-order valence-corrected chi connectivity index (χ2v) is 9.08. The van der Waals surface area contributed by atoms with Gasteiger partial charge in [0.25, 0.3) is 0 Å². The molecule has 1 saturated heterocycles. The number of nitrogens with zero attached hydrogens (tertiary/aromatic N) is 4. The summed E-state index contributed by atoms with van der Waals surface area (Å²) in [6.07, 6.45) is 3.44. The molecule has 4 rings (SSSR count). The highest BCUT2D eigenvalue weighted by atomic mass is 35.5. The van der Waals surface area contributed by atoms with Crippen LogP contribution in [0.4, 0.5) is 5.69 Å². The Labute approximate surface area is 206 Å². The van der Waals surface area contributed by atoms with E-state index >= 15 is 0 Å². The number of halogens is 1. The van der Waals surface area contributed by atoms with Crippen molar-refractivity contribution in [3.05, 3.63) is 77.5 Å². The van der Waals surface area contributed by atoms with E-state index in [4.69, 9.17) is 22.3 Å². The van der Waals surface area contributed by atoms with Gasteiger partial charge in [0, 0.05) is 48.5 Å². The molecule has 2 heterocycles. The van der Waals surface area contributed by atoms with Crippen LogP contribution in [-0.4, -0.2) is 41.0 Å². The Morgan fingerprint density at radius 1 is 1.12 bits per heavy atom. The minimum absolute atomic E-state index is 0.412. The van der Waals surface area contributed by atoms with Crippen molar-refractivity contribution in [3.8, 4) is 17.3 Å². The fraction of sp³-hybridized carbons (Fsp3) is 0.286. The Hall–Kier alpha value is -3.49. The van der Waals surface area contributed by atoms with E-state index < -0.39 is 0 Å². The van der Waals surface area contributed by atoms with Crippen molar-refractivity contribution in [1.29, 1.82) is 5.26 Å². The predicted octanol–water partition coefficient (Wildman–Crippen LogP) is 6.30. The monoisotopic (exact) mass is 471 g/mol. The Bertz CT molecular complexity index is 1280. The Kier molecular flexibility index (Phi) is 7.09. The van der Waals surface area contributed by atoms with Gasteiger partial charge in [-0.3, -0.25) is 0 Å². The van der Waals surface area contributed by atoms with Crippen LogP contribution < -0.4 is 5.73 Å². The smallest absolute Gasteiger partial charge is 0.0991 e. The van der Waals surface area contributed by atoms with E-state index in [2.05, 4.69) is 36.0 Å². The number of rotatable bonds is 7. The molecule has 1 aromatic heterocycles. The van der Waals surface area contributed by atoms with Crippen molar-refractivity contribution in [2.24, 2.45) is 0 Å². The summed E-state index contributed by atoms with van der Waals surface area (Å²) in [6.45, 7) is 14.6. The fourth-order valence-electron chi connectivity index (χ4n) is 4.39. The summed E-state index contributed by atoms with van der Waals surface area (Å²) < 4.78 is 0. The van der Waals surface area contributed by atoms with Gasteiger partial charge in [0.1, 0.15) is 0 Å². The molecule has 1 aliphatic heterocycles. The zero-order valence-corrected chi connectivity index (χ0v) is 20.4. The van der Waals surface area contributed by atoms with Gasteiger partial charge >= 0.3 is 0 Å². The molecule has 0 saturated carbocycles. The van der Waals surface area contributed by atoms with Crippen LogP contribution in [0.15, 0.2) is 61.3 Å². The molecular weight excluding hydrogens is 442 g/mol. The van der Waals surface area contributed by atoms with Gasteiger partial charge in [-0.25, -0.2) is 4.98 Å². The molecule has 0 radical (unpaired) electrons. The summed E-state index contributed by atoms with van der Waals surface area (Å²) in [5.41, 5.74) is 12.6. The van der Waals surface area contributed by atoms with E-state index in [1.54, 1.807) is 12.1 Å². The topological polar surface area (TPSA) is 69.2 Å². The maximum absolute atomic E-state index is 9.26. The number of anilines is 1. The van der Waals surface area contributed by atoms with Crippen molar-refractivity contribution in [1.82, 2.24) is 14.8 Å². The van der Waals surface area contributed by atoms with Gasteiger partial charge in [0.05, 0.1) is 33.6 Å². The van der Waals surface area contributed by atoms with Gasteiger partial charge in [-0.2, -0.15) is 5.26 Å². The van der Waals surface area contributed by atoms with E-state index in [0.717, 1.165) is 60.3 Å². The quantitative estimate of drug-likeness (QED) is 0.437. The molecule has 5 nitrogen and oxygen atoms in total. The van der Waals surface area contributed by atoms with Gasteiger partial charge in [0.15, 0.2) is 0 Å². The maximum atomic E-state index is 9.26. The number of piperazine rings is 1. The third-order valence-corrected chi connectivity index (χ3v) is 6.89. The first kappa shape index (κ1) is 23.7. The molecule has 2 N–H and O–H groups in total. The highest BCUT2D eigenvalue weighted by molar-refractivity contribution is 6.38. The molecule has 6 heteroatoms. The third kappa shape index (κ3) is 4.73. The number of aromatic nitrogens is 1. The highest BCUT2D eigenvalue weighted by Gasteiger charge is 2.20. The van der Waals surface area contributed by atoms with Crippen molar-refractivity contribution in [3.63, 3.8) is 0 Å². The van der Waals surface area contributed by atoms with E-state index in [9.17, 15) is 5.26 Å². The third-order valence-electron chi connectivity index (χ3n) is 6.48. The summed E-state index contributed by atoms with van der Waals surface area (Å²) in [5.74, 6) is 0. The first-order chi connectivity index (χ1) is 16.4. The SMILES string of the molecule is C=C(CCCC)N1CCN(C(=C)c2ccc3c(Cl)c(N)c(-c4cccc(C#N)c4)nc3c2)CC1. The van der Waals surface area contributed by atoms with Crippen LogP contribution in [0.3, 0.4) is 0 Å². The second-order valence-electron chi connectivity index (χ2n) is 8.70. The average molecular weight is 472 g/mol. The Morgan fingerprint density at radius 2 is 1.85 bits per heavy atom. The van der Waals surface area contributed by atoms with Crippen LogP contribution in [0, 0.1) is 11.3 Å². The molecule has 174 valence electrons. The largest absolute Gasteiger partial charge is 0.396 e. The van der Waals surface area contributed by atoms with Crippen molar-refractivity contribution >= 4 is 33.9 Å². The molecule has 0 unspecified atom stereocenters. The number of nitrogen functional groups attached to an aromatic ring is 1. The molecule has 1 aliphatic rings. The first-order valence-electron chi connectivity index (χ1n) is 11.7. The van der Waals surface area contributed by atoms with Crippen LogP contribution >= 0.6 is 11.6 Å². The first-order valence-corrected chi connectivity index (χ1v) is 12.1. The number of nitrogens with two attached hydrogens (primary N) is 1. The maximum Gasteiger partial charge on any atom is 0.0991 e. The highest BCUT2D eigenvalue weighted by Crippen LogP contribution is 2.37. The molecular formula is C28H30ClN5.